The maximum Gasteiger partial charge on any atom is 0.255 e. The lowest BCUT2D eigenvalue weighted by atomic mass is 10.1. The number of nitrogens with zero attached hydrogens (tertiary/aromatic N) is 1. The second-order valence-electron chi connectivity index (χ2n) is 8.88. The Labute approximate surface area is 246 Å². The number of nitrogens with one attached hydrogen (secondary N) is 2. The van der Waals surface area contributed by atoms with Crippen molar-refractivity contribution in [3.63, 3.8) is 0 Å². The largest absolute Gasteiger partial charge is 0.497 e. The van der Waals surface area contributed by atoms with Crippen LogP contribution in [0.25, 0.3) is 11.3 Å². The van der Waals surface area contributed by atoms with E-state index in [1.807, 2.05) is 84.2 Å². The molecular weight excluding hydrogens is 555 g/mol. The summed E-state index contributed by atoms with van der Waals surface area (Å²) in [7, 11) is 3.19. The maximum atomic E-state index is 13.6. The molecule has 41 heavy (non-hydrogen) atoms. The third-order valence-corrected chi connectivity index (χ3v) is 8.14. The van der Waals surface area contributed by atoms with Crippen molar-refractivity contribution >= 4 is 45.7 Å². The molecule has 9 heteroatoms. The smallest absolute Gasteiger partial charge is 0.255 e. The number of amides is 2. The third kappa shape index (κ3) is 7.13. The first kappa shape index (κ1) is 27.9. The van der Waals surface area contributed by atoms with E-state index in [4.69, 9.17) is 9.47 Å². The van der Waals surface area contributed by atoms with Gasteiger partial charge < -0.3 is 20.1 Å². The molecule has 1 aromatic heterocycles. The molecule has 0 saturated heterocycles. The number of thioether (sulfide) groups is 1. The van der Waals surface area contributed by atoms with Gasteiger partial charge in [0.1, 0.15) is 16.7 Å². The Hall–Kier alpha value is -4.60. The van der Waals surface area contributed by atoms with Crippen LogP contribution in [-0.2, 0) is 4.79 Å². The van der Waals surface area contributed by atoms with E-state index in [1.54, 1.807) is 38.5 Å². The first-order valence-corrected chi connectivity index (χ1v) is 14.5. The molecule has 1 atom stereocenters. The second-order valence-corrected chi connectivity index (χ2v) is 10.9. The van der Waals surface area contributed by atoms with E-state index >= 15 is 0 Å². The molecular formula is C32H27N3O4S2. The number of methoxy groups -OCH3 is 2. The van der Waals surface area contributed by atoms with Gasteiger partial charge in [0.05, 0.1) is 19.9 Å². The Kier molecular flexibility index (Phi) is 8.98. The Bertz CT molecular complexity index is 1640. The summed E-state index contributed by atoms with van der Waals surface area (Å²) >= 11 is 2.77. The fourth-order valence-corrected chi connectivity index (χ4v) is 5.85. The van der Waals surface area contributed by atoms with E-state index in [0.717, 1.165) is 27.5 Å². The van der Waals surface area contributed by atoms with Crippen molar-refractivity contribution in [2.24, 2.45) is 0 Å². The number of carbonyl (C=O) groups is 2. The summed E-state index contributed by atoms with van der Waals surface area (Å²) in [5, 5.41) is 7.81. The molecule has 7 nitrogen and oxygen atoms in total. The van der Waals surface area contributed by atoms with Gasteiger partial charge in [0, 0.05) is 27.1 Å². The van der Waals surface area contributed by atoms with Crippen molar-refractivity contribution < 1.29 is 19.1 Å². The molecule has 1 heterocycles. The number of ether oxygens (including phenoxy) is 2. The minimum Gasteiger partial charge on any atom is -0.497 e. The van der Waals surface area contributed by atoms with E-state index < -0.39 is 5.25 Å². The SMILES string of the molecule is COc1ccc(-c2csc(NC(=O)C(Sc3cccc(NC(=O)c4cccc(OC)c4)c3)c3ccccc3)n2)cc1. The van der Waals surface area contributed by atoms with Gasteiger partial charge in [0.2, 0.25) is 5.91 Å². The van der Waals surface area contributed by atoms with Gasteiger partial charge in [-0.1, -0.05) is 42.5 Å². The molecule has 5 aromatic rings. The Morgan fingerprint density at radius 2 is 1.56 bits per heavy atom. The first-order valence-electron chi connectivity index (χ1n) is 12.7. The van der Waals surface area contributed by atoms with Gasteiger partial charge in [-0.2, -0.15) is 0 Å². The quantitative estimate of drug-likeness (QED) is 0.166. The number of benzene rings is 4. The predicted molar refractivity (Wildman–Crippen MR) is 165 cm³/mol. The molecule has 0 aliphatic heterocycles. The van der Waals surface area contributed by atoms with Crippen molar-refractivity contribution in [2.45, 2.75) is 10.1 Å². The van der Waals surface area contributed by atoms with Crippen LogP contribution in [0.3, 0.4) is 0 Å². The number of aromatic nitrogens is 1. The number of anilines is 2. The summed E-state index contributed by atoms with van der Waals surface area (Å²) in [4.78, 5) is 31.9. The second kappa shape index (κ2) is 13.2. The normalized spacial score (nSPS) is 11.4. The van der Waals surface area contributed by atoms with Gasteiger partial charge >= 0.3 is 0 Å². The predicted octanol–water partition coefficient (Wildman–Crippen LogP) is 7.55. The fraction of sp³-hybridized carbons (Fsp3) is 0.0938. The van der Waals surface area contributed by atoms with Crippen LogP contribution in [-0.4, -0.2) is 31.0 Å². The molecule has 0 radical (unpaired) electrons. The van der Waals surface area contributed by atoms with Gasteiger partial charge in [0.15, 0.2) is 5.13 Å². The minimum absolute atomic E-state index is 0.192. The minimum atomic E-state index is -0.547. The maximum absolute atomic E-state index is 13.6. The van der Waals surface area contributed by atoms with Crippen LogP contribution >= 0.6 is 23.1 Å². The van der Waals surface area contributed by atoms with Gasteiger partial charge in [-0.3, -0.25) is 9.59 Å². The highest BCUT2D eigenvalue weighted by Gasteiger charge is 2.23. The summed E-state index contributed by atoms with van der Waals surface area (Å²) in [6.07, 6.45) is 0. The zero-order valence-corrected chi connectivity index (χ0v) is 24.0. The van der Waals surface area contributed by atoms with Crippen LogP contribution in [0.5, 0.6) is 11.5 Å². The van der Waals surface area contributed by atoms with E-state index in [2.05, 4.69) is 15.6 Å². The van der Waals surface area contributed by atoms with E-state index in [1.165, 1.54) is 23.1 Å². The van der Waals surface area contributed by atoms with Gasteiger partial charge in [-0.05, 0) is 66.2 Å². The van der Waals surface area contributed by atoms with Gasteiger partial charge in [-0.15, -0.1) is 23.1 Å². The molecule has 0 aliphatic carbocycles. The molecule has 4 aromatic carbocycles. The molecule has 5 rings (SSSR count). The average Bonchev–Trinajstić information content (AvgIpc) is 3.49. The van der Waals surface area contributed by atoms with Crippen molar-refractivity contribution in [2.75, 3.05) is 24.9 Å². The van der Waals surface area contributed by atoms with Crippen LogP contribution < -0.4 is 20.1 Å². The first-order chi connectivity index (χ1) is 20.0. The Balaban J connectivity index is 1.32. The highest BCUT2D eigenvalue weighted by atomic mass is 32.2. The van der Waals surface area contributed by atoms with Crippen LogP contribution in [0.4, 0.5) is 10.8 Å². The monoisotopic (exact) mass is 581 g/mol. The average molecular weight is 582 g/mol. The number of hydrogen-bond acceptors (Lipinski definition) is 7. The van der Waals surface area contributed by atoms with Crippen molar-refractivity contribution in [1.29, 1.82) is 0 Å². The fourth-order valence-electron chi connectivity index (χ4n) is 4.05. The van der Waals surface area contributed by atoms with Crippen LogP contribution in [0, 0.1) is 0 Å². The Morgan fingerprint density at radius 1 is 0.805 bits per heavy atom. The molecule has 0 bridgehead atoms. The molecule has 0 fully saturated rings. The summed E-state index contributed by atoms with van der Waals surface area (Å²) in [6.45, 7) is 0. The summed E-state index contributed by atoms with van der Waals surface area (Å²) in [5.41, 5.74) is 3.67. The zero-order valence-electron chi connectivity index (χ0n) is 22.4. The topological polar surface area (TPSA) is 89.6 Å². The molecule has 1 unspecified atom stereocenters. The standard InChI is InChI=1S/C32H27N3O4S2/c1-38-25-16-14-21(15-17-25)28-20-40-32(34-28)35-31(37)29(22-8-4-3-5-9-22)41-27-13-7-11-24(19-27)33-30(36)23-10-6-12-26(18-23)39-2/h3-20,29H,1-2H3,(H,33,36)(H,34,35,37). The molecule has 0 saturated carbocycles. The third-order valence-electron chi connectivity index (χ3n) is 6.14. The number of carbonyl (C=O) groups excluding carboxylic acids is 2. The van der Waals surface area contributed by atoms with Crippen LogP contribution in [0.1, 0.15) is 21.2 Å². The lowest BCUT2D eigenvalue weighted by Crippen LogP contribution is -2.19. The van der Waals surface area contributed by atoms with Gasteiger partial charge in [-0.25, -0.2) is 4.98 Å². The van der Waals surface area contributed by atoms with E-state index in [-0.39, 0.29) is 11.8 Å². The molecule has 2 amide bonds. The number of hydrogen-bond donors (Lipinski definition) is 2. The molecule has 206 valence electrons. The number of thiazole rings is 1. The van der Waals surface area contributed by atoms with Crippen molar-refractivity contribution in [3.05, 3.63) is 120 Å². The lowest BCUT2D eigenvalue weighted by molar-refractivity contribution is -0.115. The highest BCUT2D eigenvalue weighted by Crippen LogP contribution is 2.38. The summed E-state index contributed by atoms with van der Waals surface area (Å²) in [6, 6.07) is 31.6. The zero-order chi connectivity index (χ0) is 28.6. The van der Waals surface area contributed by atoms with Crippen molar-refractivity contribution in [3.8, 4) is 22.8 Å². The van der Waals surface area contributed by atoms with E-state index in [9.17, 15) is 9.59 Å². The summed E-state index contributed by atoms with van der Waals surface area (Å²) in [5.74, 6) is 0.932. The summed E-state index contributed by atoms with van der Waals surface area (Å²) < 4.78 is 10.5. The Morgan fingerprint density at radius 3 is 2.32 bits per heavy atom. The highest BCUT2D eigenvalue weighted by molar-refractivity contribution is 8.00. The molecule has 0 spiro atoms. The van der Waals surface area contributed by atoms with Crippen LogP contribution in [0.2, 0.25) is 0 Å². The lowest BCUT2D eigenvalue weighted by Gasteiger charge is -2.17. The van der Waals surface area contributed by atoms with E-state index in [0.29, 0.717) is 22.1 Å². The molecule has 0 aliphatic rings. The molecule has 2 N–H and O–H groups in total. The van der Waals surface area contributed by atoms with Gasteiger partial charge in [0.25, 0.3) is 5.91 Å². The number of rotatable bonds is 10. The van der Waals surface area contributed by atoms with Crippen molar-refractivity contribution in [1.82, 2.24) is 4.98 Å². The van der Waals surface area contributed by atoms with Crippen LogP contribution in [0.15, 0.2) is 113 Å².